The van der Waals surface area contributed by atoms with Crippen molar-refractivity contribution in [1.82, 2.24) is 14.3 Å². The largest absolute Gasteiger partial charge is 0.467 e. The highest BCUT2D eigenvalue weighted by Crippen LogP contribution is 2.39. The lowest BCUT2D eigenvalue weighted by atomic mass is 10.2. The predicted octanol–water partition coefficient (Wildman–Crippen LogP) is 3.25. The molecule has 0 aliphatic carbocycles. The fourth-order valence-electron chi connectivity index (χ4n) is 1.92. The Balaban J connectivity index is 2.53. The number of rotatable bonds is 4. The van der Waals surface area contributed by atoms with Crippen molar-refractivity contribution in [2.45, 2.75) is 17.2 Å². The van der Waals surface area contributed by atoms with Gasteiger partial charge in [0.2, 0.25) is 0 Å². The van der Waals surface area contributed by atoms with Crippen LogP contribution in [0, 0.1) is 0 Å². The molecule has 138 valence electrons. The van der Waals surface area contributed by atoms with Gasteiger partial charge in [-0.2, -0.15) is 31.0 Å². The maximum absolute atomic E-state index is 13.0. The second kappa shape index (κ2) is 6.65. The number of benzene rings is 1. The monoisotopic (exact) mass is 387 g/mol. The van der Waals surface area contributed by atoms with Crippen LogP contribution >= 0.6 is 11.8 Å². The molecule has 2 aromatic rings. The lowest BCUT2D eigenvalue weighted by molar-refractivity contribution is -0.139. The van der Waals surface area contributed by atoms with Gasteiger partial charge in [-0.05, 0) is 18.2 Å². The summed E-state index contributed by atoms with van der Waals surface area (Å²) < 4.78 is 82.7. The van der Waals surface area contributed by atoms with Crippen molar-refractivity contribution >= 4 is 11.8 Å². The van der Waals surface area contributed by atoms with Crippen LogP contribution in [0.5, 0.6) is 6.01 Å². The lowest BCUT2D eigenvalue weighted by Gasteiger charge is -2.14. The molecule has 0 aliphatic rings. The molecule has 0 saturated heterocycles. The topological polar surface area (TPSA) is 49.1 Å². The molecular formula is C13H11F6N3O2S. The van der Waals surface area contributed by atoms with Crippen LogP contribution in [0.15, 0.2) is 27.9 Å². The van der Waals surface area contributed by atoms with E-state index in [1.165, 1.54) is 14.2 Å². The molecule has 0 unspecified atom stereocenters. The van der Waals surface area contributed by atoms with E-state index in [0.29, 0.717) is 6.07 Å². The maximum atomic E-state index is 13.0. The highest BCUT2D eigenvalue weighted by molar-refractivity contribution is 7.99. The number of hydrogen-bond acceptors (Lipinski definition) is 4. The number of nitrogens with zero attached hydrogens (tertiary/aromatic N) is 3. The van der Waals surface area contributed by atoms with Gasteiger partial charge in [0.05, 0.1) is 24.1 Å². The first-order chi connectivity index (χ1) is 11.4. The van der Waals surface area contributed by atoms with Gasteiger partial charge in [0, 0.05) is 11.9 Å². The van der Waals surface area contributed by atoms with Crippen molar-refractivity contribution in [3.05, 3.63) is 34.2 Å². The summed E-state index contributed by atoms with van der Waals surface area (Å²) in [5.41, 5.74) is -2.05. The number of alkyl halides is 6. The van der Waals surface area contributed by atoms with E-state index < -0.39 is 34.3 Å². The first kappa shape index (κ1) is 19.2. The number of halogens is 6. The molecule has 0 bridgehead atoms. The Morgan fingerprint density at radius 3 is 2.32 bits per heavy atom. The van der Waals surface area contributed by atoms with E-state index in [4.69, 9.17) is 4.74 Å². The van der Waals surface area contributed by atoms with E-state index in [1.807, 2.05) is 0 Å². The lowest BCUT2D eigenvalue weighted by Crippen LogP contribution is -2.22. The van der Waals surface area contributed by atoms with Crippen LogP contribution in [0.2, 0.25) is 0 Å². The highest BCUT2D eigenvalue weighted by atomic mass is 32.2. The molecule has 0 atom stereocenters. The minimum atomic E-state index is -4.83. The fourth-order valence-corrected chi connectivity index (χ4v) is 2.78. The number of hydrogen-bond donors (Lipinski definition) is 0. The second-order valence-electron chi connectivity index (χ2n) is 4.82. The SMILES string of the molecule is COc1nn(-c2ccc(C(F)(F)F)c(SCC(F)(F)F)c2)c(=O)n1C. The predicted molar refractivity (Wildman–Crippen MR) is 77.1 cm³/mol. The molecule has 2 rings (SSSR count). The molecule has 0 N–H and O–H groups in total. The average molecular weight is 387 g/mol. The summed E-state index contributed by atoms with van der Waals surface area (Å²) in [6, 6.07) is 2.30. The second-order valence-corrected chi connectivity index (χ2v) is 5.84. The van der Waals surface area contributed by atoms with Crippen LogP contribution in [0.4, 0.5) is 26.3 Å². The summed E-state index contributed by atoms with van der Waals surface area (Å²) in [7, 11) is 2.57. The standard InChI is InChI=1S/C13H11F6N3O2S/c1-21-10(24-2)20-22(11(21)23)7-3-4-8(13(17,18)19)9(5-7)25-6-12(14,15)16/h3-5H,6H2,1-2H3. The van der Waals surface area contributed by atoms with Gasteiger partial charge in [-0.1, -0.05) is 0 Å². The molecule has 0 aliphatic heterocycles. The summed E-state index contributed by atoms with van der Waals surface area (Å²) in [4.78, 5) is 11.4. The molecule has 12 heteroatoms. The first-order valence-corrected chi connectivity index (χ1v) is 7.54. The Bertz CT molecular complexity index is 825. The van der Waals surface area contributed by atoms with Crippen molar-refractivity contribution in [2.75, 3.05) is 12.9 Å². The third-order valence-corrected chi connectivity index (χ3v) is 4.15. The van der Waals surface area contributed by atoms with E-state index in [0.717, 1.165) is 21.4 Å². The number of aromatic nitrogens is 3. The van der Waals surface area contributed by atoms with Crippen LogP contribution in [-0.4, -0.2) is 33.4 Å². The molecule has 0 saturated carbocycles. The van der Waals surface area contributed by atoms with Gasteiger partial charge < -0.3 is 4.74 Å². The molecule has 0 spiro atoms. The Morgan fingerprint density at radius 2 is 1.84 bits per heavy atom. The third kappa shape index (κ3) is 4.30. The van der Waals surface area contributed by atoms with Gasteiger partial charge in [-0.15, -0.1) is 16.9 Å². The van der Waals surface area contributed by atoms with Crippen molar-refractivity contribution < 1.29 is 31.1 Å². The van der Waals surface area contributed by atoms with Crippen molar-refractivity contribution in [2.24, 2.45) is 7.05 Å². The van der Waals surface area contributed by atoms with Crippen molar-refractivity contribution in [1.29, 1.82) is 0 Å². The molecule has 5 nitrogen and oxygen atoms in total. The summed E-state index contributed by atoms with van der Waals surface area (Å²) in [6.45, 7) is 0. The third-order valence-electron chi connectivity index (χ3n) is 3.03. The van der Waals surface area contributed by atoms with Gasteiger partial charge >= 0.3 is 24.1 Å². The van der Waals surface area contributed by atoms with Gasteiger partial charge in [0.25, 0.3) is 0 Å². The molecule has 0 radical (unpaired) electrons. The molecular weight excluding hydrogens is 376 g/mol. The van der Waals surface area contributed by atoms with Crippen LogP contribution in [-0.2, 0) is 13.2 Å². The molecule has 25 heavy (non-hydrogen) atoms. The quantitative estimate of drug-likeness (QED) is 0.597. The van der Waals surface area contributed by atoms with Crippen molar-refractivity contribution in [3.8, 4) is 11.7 Å². The average Bonchev–Trinajstić information content (AvgIpc) is 2.79. The van der Waals surface area contributed by atoms with Gasteiger partial charge in [0.1, 0.15) is 0 Å². The van der Waals surface area contributed by atoms with Gasteiger partial charge in [0.15, 0.2) is 0 Å². The Kier molecular flexibility index (Phi) is 5.11. The Hall–Kier alpha value is -2.11. The van der Waals surface area contributed by atoms with Crippen molar-refractivity contribution in [3.63, 3.8) is 0 Å². The Morgan fingerprint density at radius 1 is 1.20 bits per heavy atom. The normalized spacial score (nSPS) is 12.5. The van der Waals surface area contributed by atoms with E-state index >= 15 is 0 Å². The van der Waals surface area contributed by atoms with E-state index in [-0.39, 0.29) is 23.5 Å². The minimum Gasteiger partial charge on any atom is -0.467 e. The van der Waals surface area contributed by atoms with Crippen LogP contribution in [0.1, 0.15) is 5.56 Å². The summed E-state index contributed by atoms with van der Waals surface area (Å²) in [5, 5.41) is 3.77. The van der Waals surface area contributed by atoms with E-state index in [1.54, 1.807) is 0 Å². The number of ether oxygens (including phenoxy) is 1. The minimum absolute atomic E-state index is 0.0139. The molecule has 1 heterocycles. The highest BCUT2D eigenvalue weighted by Gasteiger charge is 2.35. The molecule has 1 aromatic heterocycles. The zero-order valence-electron chi connectivity index (χ0n) is 12.8. The van der Waals surface area contributed by atoms with E-state index in [2.05, 4.69) is 5.10 Å². The fraction of sp³-hybridized carbons (Fsp3) is 0.385. The van der Waals surface area contributed by atoms with Gasteiger partial charge in [-0.3, -0.25) is 0 Å². The summed E-state index contributed by atoms with van der Waals surface area (Å²) >= 11 is -0.0139. The number of methoxy groups -OCH3 is 1. The van der Waals surface area contributed by atoms with Gasteiger partial charge in [-0.25, -0.2) is 9.36 Å². The van der Waals surface area contributed by atoms with Crippen LogP contribution < -0.4 is 10.4 Å². The molecule has 0 fully saturated rings. The smallest absolute Gasteiger partial charge is 0.417 e. The zero-order valence-corrected chi connectivity index (χ0v) is 13.6. The first-order valence-electron chi connectivity index (χ1n) is 6.55. The van der Waals surface area contributed by atoms with Crippen LogP contribution in [0.3, 0.4) is 0 Å². The summed E-state index contributed by atoms with van der Waals surface area (Å²) in [5.74, 6) is -1.50. The summed E-state index contributed by atoms with van der Waals surface area (Å²) in [6.07, 6.45) is -9.48. The number of thioether (sulfide) groups is 1. The molecule has 0 amide bonds. The maximum Gasteiger partial charge on any atom is 0.417 e. The zero-order chi connectivity index (χ0) is 19.0. The van der Waals surface area contributed by atoms with Crippen LogP contribution in [0.25, 0.3) is 5.69 Å². The molecule has 1 aromatic carbocycles. The van der Waals surface area contributed by atoms with E-state index in [9.17, 15) is 31.1 Å². The Labute approximate surface area is 141 Å².